The van der Waals surface area contributed by atoms with Crippen LogP contribution in [0, 0.1) is 13.8 Å². The lowest BCUT2D eigenvalue weighted by molar-refractivity contribution is 0.560. The van der Waals surface area contributed by atoms with Crippen LogP contribution in [0.3, 0.4) is 0 Å². The normalized spacial score (nSPS) is 17.7. The number of rotatable bonds is 2. The number of anilines is 1. The van der Waals surface area contributed by atoms with Crippen molar-refractivity contribution in [1.82, 2.24) is 4.57 Å². The molecule has 2 aromatic rings. The lowest BCUT2D eigenvalue weighted by atomic mass is 9.93. The summed E-state index contributed by atoms with van der Waals surface area (Å²) in [6.07, 6.45) is 3.42. The average Bonchev–Trinajstić information content (AvgIpc) is 2.77. The first-order valence-corrected chi connectivity index (χ1v) is 7.74. The van der Waals surface area contributed by atoms with E-state index in [1.54, 1.807) is 0 Å². The van der Waals surface area contributed by atoms with Gasteiger partial charge in [0, 0.05) is 42.9 Å². The monoisotopic (exact) mass is 283 g/mol. The van der Waals surface area contributed by atoms with Crippen molar-refractivity contribution in [2.45, 2.75) is 39.2 Å². The number of nitrogens with two attached hydrogens (primary N) is 1. The van der Waals surface area contributed by atoms with Crippen molar-refractivity contribution in [2.75, 3.05) is 19.0 Å². The number of aromatic nitrogens is 1. The van der Waals surface area contributed by atoms with Crippen LogP contribution >= 0.6 is 0 Å². The summed E-state index contributed by atoms with van der Waals surface area (Å²) in [7, 11) is 4.19. The summed E-state index contributed by atoms with van der Waals surface area (Å²) in [5, 5.41) is 0. The fourth-order valence-electron chi connectivity index (χ4n) is 3.52. The Morgan fingerprint density at radius 1 is 1.19 bits per heavy atom. The molecule has 1 atom stereocenters. The molecule has 1 aliphatic rings. The van der Waals surface area contributed by atoms with Gasteiger partial charge in [0.05, 0.1) is 0 Å². The van der Waals surface area contributed by atoms with Gasteiger partial charge in [-0.05, 0) is 62.4 Å². The summed E-state index contributed by atoms with van der Waals surface area (Å²) in [5.74, 6) is 0. The van der Waals surface area contributed by atoms with Crippen LogP contribution in [-0.4, -0.2) is 18.7 Å². The van der Waals surface area contributed by atoms with Gasteiger partial charge >= 0.3 is 0 Å². The van der Waals surface area contributed by atoms with E-state index in [0.29, 0.717) is 0 Å². The largest absolute Gasteiger partial charge is 0.377 e. The second-order valence-electron chi connectivity index (χ2n) is 6.39. The van der Waals surface area contributed by atoms with Crippen molar-refractivity contribution < 1.29 is 0 Å². The quantitative estimate of drug-likeness (QED) is 0.915. The van der Waals surface area contributed by atoms with E-state index in [9.17, 15) is 0 Å². The first-order valence-electron chi connectivity index (χ1n) is 7.74. The van der Waals surface area contributed by atoms with E-state index in [1.165, 1.54) is 40.3 Å². The Hall–Kier alpha value is -1.74. The maximum absolute atomic E-state index is 6.29. The highest BCUT2D eigenvalue weighted by Gasteiger charge is 2.23. The van der Waals surface area contributed by atoms with Crippen molar-refractivity contribution in [3.05, 3.63) is 46.8 Å². The molecule has 21 heavy (non-hydrogen) atoms. The average molecular weight is 283 g/mol. The molecule has 1 aliphatic carbocycles. The molecule has 3 rings (SSSR count). The zero-order valence-electron chi connectivity index (χ0n) is 13.5. The maximum atomic E-state index is 6.29. The van der Waals surface area contributed by atoms with Crippen LogP contribution in [0.4, 0.5) is 5.69 Å². The minimum atomic E-state index is 0.201. The van der Waals surface area contributed by atoms with Crippen molar-refractivity contribution in [3.8, 4) is 5.69 Å². The van der Waals surface area contributed by atoms with E-state index in [0.717, 1.165) is 12.8 Å². The van der Waals surface area contributed by atoms with E-state index < -0.39 is 0 Å². The van der Waals surface area contributed by atoms with Crippen LogP contribution < -0.4 is 10.6 Å². The van der Waals surface area contributed by atoms with Crippen molar-refractivity contribution >= 4 is 5.69 Å². The van der Waals surface area contributed by atoms with Crippen LogP contribution in [0.2, 0.25) is 0 Å². The molecule has 0 fully saturated rings. The molecule has 0 saturated carbocycles. The van der Waals surface area contributed by atoms with Gasteiger partial charge in [0.15, 0.2) is 0 Å². The molecule has 0 spiro atoms. The van der Waals surface area contributed by atoms with Gasteiger partial charge in [-0.1, -0.05) is 6.07 Å². The van der Waals surface area contributed by atoms with Gasteiger partial charge in [-0.15, -0.1) is 0 Å². The molecule has 0 aliphatic heterocycles. The number of nitrogens with zero attached hydrogens (tertiary/aromatic N) is 2. The molecule has 1 heterocycles. The highest BCUT2D eigenvalue weighted by Crippen LogP contribution is 2.33. The van der Waals surface area contributed by atoms with E-state index in [1.807, 2.05) is 0 Å². The predicted molar refractivity (Wildman–Crippen MR) is 89.4 cm³/mol. The number of hydrogen-bond donors (Lipinski definition) is 1. The molecule has 0 saturated heterocycles. The van der Waals surface area contributed by atoms with Crippen LogP contribution in [0.25, 0.3) is 5.69 Å². The van der Waals surface area contributed by atoms with Gasteiger partial charge < -0.3 is 15.2 Å². The Morgan fingerprint density at radius 3 is 2.67 bits per heavy atom. The van der Waals surface area contributed by atoms with Gasteiger partial charge in [-0.3, -0.25) is 0 Å². The molecule has 1 aromatic carbocycles. The summed E-state index contributed by atoms with van der Waals surface area (Å²) >= 11 is 0. The number of aryl methyl sites for hydroxylation is 2. The van der Waals surface area contributed by atoms with E-state index in [4.69, 9.17) is 5.73 Å². The van der Waals surface area contributed by atoms with Crippen LogP contribution in [0.5, 0.6) is 0 Å². The molecular weight excluding hydrogens is 258 g/mol. The minimum absolute atomic E-state index is 0.201. The molecule has 1 aromatic heterocycles. The zero-order chi connectivity index (χ0) is 15.1. The minimum Gasteiger partial charge on any atom is -0.377 e. The molecular formula is C18H25N3. The predicted octanol–water partition coefficient (Wildman–Crippen LogP) is 3.50. The first-order chi connectivity index (χ1) is 9.99. The Bertz CT molecular complexity index is 667. The summed E-state index contributed by atoms with van der Waals surface area (Å²) in [4.78, 5) is 2.18. The number of hydrogen-bond acceptors (Lipinski definition) is 2. The summed E-state index contributed by atoms with van der Waals surface area (Å²) in [5.41, 5.74) is 14.1. The standard InChI is InChI=1S/C18H25N3/c1-12-8-9-14(11-18(12)20(3)4)21-13(2)10-15-16(19)6-5-7-17(15)21/h8-11,16H,5-7,19H2,1-4H3. The summed E-state index contributed by atoms with van der Waals surface area (Å²) in [6.45, 7) is 4.34. The molecule has 2 N–H and O–H groups in total. The van der Waals surface area contributed by atoms with Gasteiger partial charge in [-0.2, -0.15) is 0 Å². The summed E-state index contributed by atoms with van der Waals surface area (Å²) in [6, 6.07) is 9.18. The SMILES string of the molecule is Cc1ccc(-n2c(C)cc3c2CCCC3N)cc1N(C)C. The second kappa shape index (κ2) is 5.23. The lowest BCUT2D eigenvalue weighted by Crippen LogP contribution is -2.18. The highest BCUT2D eigenvalue weighted by molar-refractivity contribution is 5.59. The fourth-order valence-corrected chi connectivity index (χ4v) is 3.52. The van der Waals surface area contributed by atoms with E-state index in [-0.39, 0.29) is 6.04 Å². The first kappa shape index (κ1) is 14.2. The van der Waals surface area contributed by atoms with Crippen LogP contribution in [0.1, 0.15) is 41.4 Å². The molecule has 0 radical (unpaired) electrons. The molecule has 3 heteroatoms. The number of benzene rings is 1. The van der Waals surface area contributed by atoms with Crippen molar-refractivity contribution in [1.29, 1.82) is 0 Å². The van der Waals surface area contributed by atoms with Crippen LogP contribution in [-0.2, 0) is 6.42 Å². The van der Waals surface area contributed by atoms with Crippen LogP contribution in [0.15, 0.2) is 24.3 Å². The third-order valence-corrected chi connectivity index (χ3v) is 4.58. The van der Waals surface area contributed by atoms with Gasteiger partial charge in [0.1, 0.15) is 0 Å². The zero-order valence-corrected chi connectivity index (χ0v) is 13.5. The second-order valence-corrected chi connectivity index (χ2v) is 6.39. The Labute approximate surface area is 127 Å². The topological polar surface area (TPSA) is 34.2 Å². The molecule has 0 amide bonds. The molecule has 1 unspecified atom stereocenters. The summed E-state index contributed by atoms with van der Waals surface area (Å²) < 4.78 is 2.39. The highest BCUT2D eigenvalue weighted by atomic mass is 15.1. The molecule has 112 valence electrons. The van der Waals surface area contributed by atoms with E-state index >= 15 is 0 Å². The molecule has 3 nitrogen and oxygen atoms in total. The smallest absolute Gasteiger partial charge is 0.0475 e. The number of fused-ring (bicyclic) bond motifs is 1. The van der Waals surface area contributed by atoms with Gasteiger partial charge in [0.25, 0.3) is 0 Å². The fraction of sp³-hybridized carbons (Fsp3) is 0.444. The Kier molecular flexibility index (Phi) is 3.54. The van der Waals surface area contributed by atoms with Crippen molar-refractivity contribution in [2.24, 2.45) is 5.73 Å². The third-order valence-electron chi connectivity index (χ3n) is 4.58. The lowest BCUT2D eigenvalue weighted by Gasteiger charge is -2.23. The van der Waals surface area contributed by atoms with Crippen molar-refractivity contribution in [3.63, 3.8) is 0 Å². The van der Waals surface area contributed by atoms with E-state index in [2.05, 4.69) is 61.7 Å². The van der Waals surface area contributed by atoms with Gasteiger partial charge in [0.2, 0.25) is 0 Å². The third kappa shape index (κ3) is 2.36. The Morgan fingerprint density at radius 2 is 1.95 bits per heavy atom. The molecule has 0 bridgehead atoms. The Balaban J connectivity index is 2.15. The van der Waals surface area contributed by atoms with Gasteiger partial charge in [-0.25, -0.2) is 0 Å². The maximum Gasteiger partial charge on any atom is 0.0475 e.